The molecule has 2 aromatic rings. The molecule has 0 bridgehead atoms. The minimum absolute atomic E-state index is 0.0351. The van der Waals surface area contributed by atoms with Crippen molar-refractivity contribution in [3.63, 3.8) is 0 Å². The highest BCUT2D eigenvalue weighted by Crippen LogP contribution is 2.43. The largest absolute Gasteiger partial charge is 0.494 e. The molecule has 1 N–H and O–H groups in total. The highest BCUT2D eigenvalue weighted by Gasteiger charge is 2.52. The van der Waals surface area contributed by atoms with Gasteiger partial charge >= 0.3 is 0 Å². The number of para-hydroxylation sites is 2. The van der Waals surface area contributed by atoms with Crippen molar-refractivity contribution in [1.82, 2.24) is 10.2 Å². The zero-order valence-corrected chi connectivity index (χ0v) is 18.4. The first-order chi connectivity index (χ1) is 15.5. The maximum atomic E-state index is 13.2. The molecule has 7 heteroatoms. The summed E-state index contributed by atoms with van der Waals surface area (Å²) in [6.07, 6.45) is 2.60. The maximum absolute atomic E-state index is 13.2. The smallest absolute Gasteiger partial charge is 0.257 e. The van der Waals surface area contributed by atoms with Crippen LogP contribution in [-0.4, -0.2) is 48.0 Å². The number of nitrogens with zero attached hydrogens (tertiary/aromatic N) is 2. The predicted molar refractivity (Wildman–Crippen MR) is 121 cm³/mol. The van der Waals surface area contributed by atoms with E-state index in [0.29, 0.717) is 56.6 Å². The Morgan fingerprint density at radius 1 is 1.06 bits per heavy atom. The van der Waals surface area contributed by atoms with Crippen LogP contribution in [0.2, 0.25) is 0 Å². The second-order valence-corrected chi connectivity index (χ2v) is 8.39. The number of carbonyl (C=O) groups is 3. The first-order valence-corrected chi connectivity index (χ1v) is 11.2. The van der Waals surface area contributed by atoms with Crippen LogP contribution in [0.15, 0.2) is 54.6 Å². The molecule has 0 saturated carbocycles. The molecule has 3 amide bonds. The van der Waals surface area contributed by atoms with Gasteiger partial charge in [0.25, 0.3) is 5.91 Å². The van der Waals surface area contributed by atoms with E-state index < -0.39 is 5.66 Å². The van der Waals surface area contributed by atoms with Gasteiger partial charge < -0.3 is 15.0 Å². The zero-order chi connectivity index (χ0) is 22.6. The zero-order valence-electron chi connectivity index (χ0n) is 18.4. The Balaban J connectivity index is 1.26. The predicted octanol–water partition coefficient (Wildman–Crippen LogP) is 3.35. The Hall–Kier alpha value is -3.35. The van der Waals surface area contributed by atoms with Crippen molar-refractivity contribution in [3.05, 3.63) is 60.2 Å². The molecule has 0 aromatic heterocycles. The molecule has 4 rings (SSSR count). The highest BCUT2D eigenvalue weighted by molar-refractivity contribution is 6.10. The van der Waals surface area contributed by atoms with Crippen molar-refractivity contribution in [2.75, 3.05) is 24.6 Å². The van der Waals surface area contributed by atoms with Crippen LogP contribution >= 0.6 is 0 Å². The van der Waals surface area contributed by atoms with Crippen LogP contribution in [0.4, 0.5) is 5.69 Å². The molecule has 1 unspecified atom stereocenters. The van der Waals surface area contributed by atoms with Crippen LogP contribution in [0.3, 0.4) is 0 Å². The third-order valence-electron chi connectivity index (χ3n) is 6.19. The fourth-order valence-electron chi connectivity index (χ4n) is 4.53. The van der Waals surface area contributed by atoms with Crippen molar-refractivity contribution in [1.29, 1.82) is 0 Å². The summed E-state index contributed by atoms with van der Waals surface area (Å²) in [6.45, 7) is 3.45. The Morgan fingerprint density at radius 2 is 1.81 bits per heavy atom. The minimum atomic E-state index is -0.673. The SMILES string of the molecule is CC12CCC(=O)N1c1ccccc1C(=O)N2CCCC(=O)NCCCOc1ccccc1. The maximum Gasteiger partial charge on any atom is 0.257 e. The first kappa shape index (κ1) is 21.9. The summed E-state index contributed by atoms with van der Waals surface area (Å²) in [4.78, 5) is 41.5. The third-order valence-corrected chi connectivity index (χ3v) is 6.19. The van der Waals surface area contributed by atoms with E-state index in [-0.39, 0.29) is 17.7 Å². The van der Waals surface area contributed by atoms with Crippen molar-refractivity contribution in [2.24, 2.45) is 0 Å². The lowest BCUT2D eigenvalue weighted by atomic mass is 9.98. The number of hydrogen-bond acceptors (Lipinski definition) is 4. The number of carbonyl (C=O) groups excluding carboxylic acids is 3. The molecule has 0 spiro atoms. The molecule has 0 radical (unpaired) electrons. The van der Waals surface area contributed by atoms with Crippen LogP contribution in [0, 0.1) is 0 Å². The normalized spacial score (nSPS) is 19.5. The molecule has 1 fully saturated rings. The molecular formula is C25H29N3O4. The fourth-order valence-corrected chi connectivity index (χ4v) is 4.53. The number of fused-ring (bicyclic) bond motifs is 3. The molecule has 2 aromatic carbocycles. The van der Waals surface area contributed by atoms with Gasteiger partial charge in [0.1, 0.15) is 11.4 Å². The van der Waals surface area contributed by atoms with Gasteiger partial charge in [-0.05, 0) is 50.5 Å². The van der Waals surface area contributed by atoms with Crippen LogP contribution in [0.1, 0.15) is 49.4 Å². The molecule has 32 heavy (non-hydrogen) atoms. The van der Waals surface area contributed by atoms with E-state index in [4.69, 9.17) is 4.74 Å². The van der Waals surface area contributed by atoms with E-state index in [1.807, 2.05) is 55.5 Å². The highest BCUT2D eigenvalue weighted by atomic mass is 16.5. The number of ether oxygens (including phenoxy) is 1. The standard InChI is InChI=1S/C25H29N3O4/c1-25-15-14-23(30)28(25)21-12-6-5-11-20(21)24(31)27(25)17-7-13-22(29)26-16-8-18-32-19-9-3-2-4-10-19/h2-6,9-12H,7-8,13-18H2,1H3,(H,26,29). The topological polar surface area (TPSA) is 79.0 Å². The minimum Gasteiger partial charge on any atom is -0.494 e. The summed E-state index contributed by atoms with van der Waals surface area (Å²) in [5, 5.41) is 2.91. The lowest BCUT2D eigenvalue weighted by molar-refractivity contribution is -0.121. The van der Waals surface area contributed by atoms with Crippen LogP contribution in [0.5, 0.6) is 5.75 Å². The van der Waals surface area contributed by atoms with Crippen LogP contribution < -0.4 is 15.0 Å². The van der Waals surface area contributed by atoms with Gasteiger partial charge in [-0.1, -0.05) is 30.3 Å². The Bertz CT molecular complexity index is 994. The number of anilines is 1. The van der Waals surface area contributed by atoms with E-state index in [0.717, 1.165) is 12.2 Å². The van der Waals surface area contributed by atoms with E-state index in [9.17, 15) is 14.4 Å². The summed E-state index contributed by atoms with van der Waals surface area (Å²) in [6, 6.07) is 16.8. The number of rotatable bonds is 9. The van der Waals surface area contributed by atoms with Gasteiger partial charge in [-0.2, -0.15) is 0 Å². The average molecular weight is 436 g/mol. The van der Waals surface area contributed by atoms with E-state index in [2.05, 4.69) is 5.32 Å². The van der Waals surface area contributed by atoms with E-state index in [1.165, 1.54) is 0 Å². The quantitative estimate of drug-likeness (QED) is 0.613. The van der Waals surface area contributed by atoms with Gasteiger partial charge in [-0.3, -0.25) is 19.3 Å². The van der Waals surface area contributed by atoms with Gasteiger partial charge in [0.15, 0.2) is 0 Å². The van der Waals surface area contributed by atoms with E-state index >= 15 is 0 Å². The van der Waals surface area contributed by atoms with Crippen molar-refractivity contribution in [2.45, 2.75) is 44.7 Å². The molecule has 1 saturated heterocycles. The molecule has 168 valence electrons. The monoisotopic (exact) mass is 435 g/mol. The Morgan fingerprint density at radius 3 is 2.62 bits per heavy atom. The van der Waals surface area contributed by atoms with Gasteiger partial charge in [0, 0.05) is 25.9 Å². The Labute approximate surface area is 188 Å². The second kappa shape index (κ2) is 9.42. The summed E-state index contributed by atoms with van der Waals surface area (Å²) in [5.74, 6) is 0.735. The number of hydrogen-bond donors (Lipinski definition) is 1. The average Bonchev–Trinajstić information content (AvgIpc) is 3.11. The first-order valence-electron chi connectivity index (χ1n) is 11.2. The van der Waals surface area contributed by atoms with Gasteiger partial charge in [0.2, 0.25) is 11.8 Å². The van der Waals surface area contributed by atoms with Crippen molar-refractivity contribution < 1.29 is 19.1 Å². The number of benzene rings is 2. The third kappa shape index (κ3) is 4.33. The molecule has 2 aliphatic heterocycles. The molecule has 2 aliphatic rings. The van der Waals surface area contributed by atoms with Gasteiger partial charge in [0.05, 0.1) is 17.9 Å². The van der Waals surface area contributed by atoms with Gasteiger partial charge in [-0.25, -0.2) is 0 Å². The summed E-state index contributed by atoms with van der Waals surface area (Å²) in [5.41, 5.74) is 0.561. The molecule has 1 atom stereocenters. The molecular weight excluding hydrogens is 406 g/mol. The number of nitrogens with one attached hydrogen (secondary N) is 1. The number of amides is 3. The van der Waals surface area contributed by atoms with Gasteiger partial charge in [-0.15, -0.1) is 0 Å². The van der Waals surface area contributed by atoms with Crippen LogP contribution in [-0.2, 0) is 9.59 Å². The Kier molecular flexibility index (Phi) is 6.44. The second-order valence-electron chi connectivity index (χ2n) is 8.39. The molecule has 2 heterocycles. The van der Waals surface area contributed by atoms with Crippen LogP contribution in [0.25, 0.3) is 0 Å². The molecule has 7 nitrogen and oxygen atoms in total. The van der Waals surface area contributed by atoms with Crippen molar-refractivity contribution in [3.8, 4) is 5.75 Å². The lowest BCUT2D eigenvalue weighted by Gasteiger charge is -2.48. The fraction of sp³-hybridized carbons (Fsp3) is 0.400. The van der Waals surface area contributed by atoms with E-state index in [1.54, 1.807) is 15.9 Å². The van der Waals surface area contributed by atoms with Crippen molar-refractivity contribution >= 4 is 23.4 Å². The summed E-state index contributed by atoms with van der Waals surface area (Å²) < 4.78 is 5.62. The lowest BCUT2D eigenvalue weighted by Crippen LogP contribution is -2.62. The summed E-state index contributed by atoms with van der Waals surface area (Å²) >= 11 is 0. The summed E-state index contributed by atoms with van der Waals surface area (Å²) in [7, 11) is 0. The molecule has 0 aliphatic carbocycles.